The maximum atomic E-state index is 11.8. The molecule has 2 aliphatic rings. The highest BCUT2D eigenvalue weighted by atomic mass is 16.6. The lowest BCUT2D eigenvalue weighted by molar-refractivity contribution is -0.383. The maximum absolute atomic E-state index is 11.8. The van der Waals surface area contributed by atoms with Gasteiger partial charge in [0.1, 0.15) is 17.9 Å². The predicted octanol–water partition coefficient (Wildman–Crippen LogP) is 0.620. The Morgan fingerprint density at radius 3 is 2.59 bits per heavy atom. The molecule has 2 fully saturated rings. The monoisotopic (exact) mass is 546 g/mol. The number of nitrogens with one attached hydrogen (secondary N) is 1. The Labute approximate surface area is 227 Å². The second-order valence-electron chi connectivity index (χ2n) is 9.96. The minimum atomic E-state index is -1.25. The minimum absolute atomic E-state index is 0.0153. The summed E-state index contributed by atoms with van der Waals surface area (Å²) in [5.41, 5.74) is 1.70. The summed E-state index contributed by atoms with van der Waals surface area (Å²) in [4.78, 5) is 24.2. The van der Waals surface area contributed by atoms with Crippen LogP contribution in [0.5, 0.6) is 0 Å². The van der Waals surface area contributed by atoms with E-state index in [9.17, 15) is 30.5 Å². The van der Waals surface area contributed by atoms with Crippen molar-refractivity contribution in [2.75, 3.05) is 62.8 Å². The SMILES string of the molecule is O=[N+]([O-])c1cc(-c2ccnc(N3CCOCC3)n2)ccc1NCCCCCCN1C[C@H](O)[C@@H](O)[C@H](O)[C@H]1CO. The van der Waals surface area contributed by atoms with Crippen molar-refractivity contribution in [2.45, 2.75) is 50.0 Å². The first-order valence-electron chi connectivity index (χ1n) is 13.5. The van der Waals surface area contributed by atoms with Crippen LogP contribution >= 0.6 is 0 Å². The minimum Gasteiger partial charge on any atom is -0.395 e. The van der Waals surface area contributed by atoms with E-state index in [1.54, 1.807) is 18.3 Å². The Bertz CT molecular complexity index is 1090. The van der Waals surface area contributed by atoms with Gasteiger partial charge in [-0.15, -0.1) is 0 Å². The molecule has 0 unspecified atom stereocenters. The molecule has 0 bridgehead atoms. The Morgan fingerprint density at radius 1 is 1.08 bits per heavy atom. The molecule has 4 rings (SSSR count). The van der Waals surface area contributed by atoms with E-state index >= 15 is 0 Å². The van der Waals surface area contributed by atoms with Gasteiger partial charge in [0, 0.05) is 44.0 Å². The fourth-order valence-electron chi connectivity index (χ4n) is 5.07. The maximum Gasteiger partial charge on any atom is 0.292 e. The highest BCUT2D eigenvalue weighted by Crippen LogP contribution is 2.30. The molecule has 5 N–H and O–H groups in total. The van der Waals surface area contributed by atoms with Crippen LogP contribution in [0.15, 0.2) is 30.5 Å². The third-order valence-corrected chi connectivity index (χ3v) is 7.33. The highest BCUT2D eigenvalue weighted by molar-refractivity contribution is 5.72. The lowest BCUT2D eigenvalue weighted by Crippen LogP contribution is -2.62. The van der Waals surface area contributed by atoms with Crippen LogP contribution in [0, 0.1) is 10.1 Å². The third-order valence-electron chi connectivity index (χ3n) is 7.33. The molecule has 39 heavy (non-hydrogen) atoms. The molecule has 2 aromatic rings. The molecule has 3 heterocycles. The van der Waals surface area contributed by atoms with E-state index in [2.05, 4.69) is 15.3 Å². The van der Waals surface area contributed by atoms with Crippen molar-refractivity contribution in [3.8, 4) is 11.3 Å². The number of hydrogen-bond acceptors (Lipinski definition) is 12. The zero-order chi connectivity index (χ0) is 27.8. The van der Waals surface area contributed by atoms with Crippen LogP contribution in [0.25, 0.3) is 11.3 Å². The number of nitro benzene ring substituents is 1. The number of aliphatic hydroxyl groups excluding tert-OH is 4. The van der Waals surface area contributed by atoms with Crippen LogP contribution < -0.4 is 10.2 Å². The normalized spacial score (nSPS) is 24.1. The summed E-state index contributed by atoms with van der Waals surface area (Å²) in [6.45, 7) is 3.69. The molecule has 0 radical (unpaired) electrons. The zero-order valence-electron chi connectivity index (χ0n) is 21.9. The van der Waals surface area contributed by atoms with Crippen molar-refractivity contribution in [1.82, 2.24) is 14.9 Å². The van der Waals surface area contributed by atoms with Crippen molar-refractivity contribution in [3.63, 3.8) is 0 Å². The van der Waals surface area contributed by atoms with Crippen LogP contribution in [-0.4, -0.2) is 117 Å². The van der Waals surface area contributed by atoms with Gasteiger partial charge in [0.15, 0.2) is 0 Å². The number of nitro groups is 1. The molecule has 0 amide bonds. The van der Waals surface area contributed by atoms with Gasteiger partial charge in [-0.25, -0.2) is 9.97 Å². The summed E-state index contributed by atoms with van der Waals surface area (Å²) in [5.74, 6) is 0.581. The number of anilines is 2. The van der Waals surface area contributed by atoms with Gasteiger partial charge in [0.2, 0.25) is 5.95 Å². The number of aromatic nitrogens is 2. The molecule has 1 aromatic carbocycles. The van der Waals surface area contributed by atoms with E-state index in [1.807, 2.05) is 15.9 Å². The first kappa shape index (κ1) is 29.1. The Morgan fingerprint density at radius 2 is 1.85 bits per heavy atom. The number of unbranched alkanes of at least 4 members (excludes halogenated alkanes) is 3. The Kier molecular flexibility index (Phi) is 10.4. The lowest BCUT2D eigenvalue weighted by atomic mass is 9.94. The largest absolute Gasteiger partial charge is 0.395 e. The summed E-state index contributed by atoms with van der Waals surface area (Å²) in [6, 6.07) is 6.20. The van der Waals surface area contributed by atoms with Gasteiger partial charge in [-0.3, -0.25) is 15.0 Å². The molecule has 0 spiro atoms. The van der Waals surface area contributed by atoms with E-state index in [4.69, 9.17) is 4.74 Å². The van der Waals surface area contributed by atoms with Crippen molar-refractivity contribution >= 4 is 17.3 Å². The van der Waals surface area contributed by atoms with Gasteiger partial charge >= 0.3 is 0 Å². The van der Waals surface area contributed by atoms with Crippen molar-refractivity contribution in [2.24, 2.45) is 0 Å². The molecular weight excluding hydrogens is 508 g/mol. The smallest absolute Gasteiger partial charge is 0.292 e. The van der Waals surface area contributed by atoms with Crippen LogP contribution in [0.2, 0.25) is 0 Å². The lowest BCUT2D eigenvalue weighted by Gasteiger charge is -2.43. The van der Waals surface area contributed by atoms with E-state index in [0.717, 1.165) is 25.7 Å². The average molecular weight is 547 g/mol. The van der Waals surface area contributed by atoms with E-state index in [-0.39, 0.29) is 18.8 Å². The van der Waals surface area contributed by atoms with Crippen LogP contribution in [0.3, 0.4) is 0 Å². The number of benzene rings is 1. The van der Waals surface area contributed by atoms with Gasteiger partial charge in [0.25, 0.3) is 5.69 Å². The number of rotatable bonds is 12. The second-order valence-corrected chi connectivity index (χ2v) is 9.96. The molecule has 13 nitrogen and oxygen atoms in total. The van der Waals surface area contributed by atoms with Crippen molar-refractivity contribution in [1.29, 1.82) is 0 Å². The molecule has 13 heteroatoms. The third kappa shape index (κ3) is 7.38. The summed E-state index contributed by atoms with van der Waals surface area (Å²) < 4.78 is 5.38. The van der Waals surface area contributed by atoms with E-state index in [0.29, 0.717) is 62.3 Å². The van der Waals surface area contributed by atoms with Gasteiger partial charge in [0.05, 0.1) is 42.6 Å². The first-order valence-corrected chi connectivity index (χ1v) is 13.5. The number of β-amino-alcohol motifs (C(OH)–C–C–N with tert-alkyl or cyclic N) is 1. The fraction of sp³-hybridized carbons (Fsp3) is 0.615. The summed E-state index contributed by atoms with van der Waals surface area (Å²) >= 11 is 0. The van der Waals surface area contributed by atoms with Gasteiger partial charge < -0.3 is 35.4 Å². The number of piperidine rings is 1. The Hall–Kier alpha value is -2.94. The number of nitrogens with zero attached hydrogens (tertiary/aromatic N) is 5. The number of morpholine rings is 1. The number of likely N-dealkylation sites (tertiary alicyclic amines) is 1. The summed E-state index contributed by atoms with van der Waals surface area (Å²) in [7, 11) is 0. The second kappa shape index (κ2) is 13.9. The highest BCUT2D eigenvalue weighted by Gasteiger charge is 2.40. The number of hydrogen-bond donors (Lipinski definition) is 5. The van der Waals surface area contributed by atoms with Crippen molar-refractivity contribution in [3.05, 3.63) is 40.6 Å². The Balaban J connectivity index is 1.26. The van der Waals surface area contributed by atoms with Crippen molar-refractivity contribution < 1.29 is 30.1 Å². The standard InChI is InChI=1S/C26H38N6O7/c33-17-22-24(35)25(36)23(34)16-31(22)10-4-2-1-3-8-27-20-6-5-18(15-21(20)32(37)38)19-7-9-28-26(29-19)30-11-13-39-14-12-30/h5-7,9,15,22-25,27,33-36H,1-4,8,10-14,16-17H2/t22-,23+,24-,25-/m1/s1. The molecule has 214 valence electrons. The molecule has 2 saturated heterocycles. The number of ether oxygens (including phenoxy) is 1. The molecular formula is C26H38N6O7. The molecule has 0 saturated carbocycles. The van der Waals surface area contributed by atoms with Crippen LogP contribution in [0.4, 0.5) is 17.3 Å². The zero-order valence-corrected chi connectivity index (χ0v) is 21.9. The van der Waals surface area contributed by atoms with Gasteiger partial charge in [-0.05, 0) is 31.5 Å². The first-order chi connectivity index (χ1) is 18.9. The van der Waals surface area contributed by atoms with E-state index < -0.39 is 29.3 Å². The molecule has 1 aromatic heterocycles. The molecule has 0 aliphatic carbocycles. The predicted molar refractivity (Wildman–Crippen MR) is 145 cm³/mol. The topological polar surface area (TPSA) is 178 Å². The fourth-order valence-corrected chi connectivity index (χ4v) is 5.07. The number of aliphatic hydroxyl groups is 4. The van der Waals surface area contributed by atoms with Gasteiger partial charge in [-0.2, -0.15) is 0 Å². The van der Waals surface area contributed by atoms with Crippen LogP contribution in [-0.2, 0) is 4.74 Å². The average Bonchev–Trinajstić information content (AvgIpc) is 2.96. The van der Waals surface area contributed by atoms with Crippen LogP contribution in [0.1, 0.15) is 25.7 Å². The summed E-state index contributed by atoms with van der Waals surface area (Å²) in [5, 5.41) is 54.4. The van der Waals surface area contributed by atoms with Gasteiger partial charge in [-0.1, -0.05) is 18.9 Å². The molecule has 4 atom stereocenters. The summed E-state index contributed by atoms with van der Waals surface area (Å²) in [6.07, 6.45) is 1.54. The molecule has 2 aliphatic heterocycles. The van der Waals surface area contributed by atoms with E-state index in [1.165, 1.54) is 6.07 Å². The quantitative estimate of drug-likeness (QED) is 0.143.